The number of hydrogen-bond acceptors (Lipinski definition) is 4. The van der Waals surface area contributed by atoms with Gasteiger partial charge in [0.15, 0.2) is 0 Å². The van der Waals surface area contributed by atoms with Crippen LogP contribution in [-0.2, 0) is 4.79 Å². The lowest BCUT2D eigenvalue weighted by Gasteiger charge is -2.12. The van der Waals surface area contributed by atoms with Gasteiger partial charge >= 0.3 is 0 Å². The molecule has 0 aliphatic heterocycles. The Morgan fingerprint density at radius 1 is 1.43 bits per heavy atom. The molecule has 0 aliphatic rings. The number of aromatic nitrogens is 1. The summed E-state index contributed by atoms with van der Waals surface area (Å²) >= 11 is 10.7. The van der Waals surface area contributed by atoms with E-state index in [4.69, 9.17) is 17.3 Å². The fourth-order valence-electron chi connectivity index (χ4n) is 1.53. The molecular weight excluding hydrogens is 374 g/mol. The van der Waals surface area contributed by atoms with E-state index in [1.54, 1.807) is 24.4 Å². The molecular formula is C14H13BrClN3OS. The average molecular weight is 387 g/mol. The first-order valence-electron chi connectivity index (χ1n) is 6.10. The molecule has 3 N–H and O–H groups in total. The van der Waals surface area contributed by atoms with Crippen LogP contribution in [0.4, 0.5) is 11.4 Å². The van der Waals surface area contributed by atoms with Gasteiger partial charge in [0.1, 0.15) is 0 Å². The maximum absolute atomic E-state index is 12.2. The summed E-state index contributed by atoms with van der Waals surface area (Å²) in [5.41, 5.74) is 6.72. The quantitative estimate of drug-likeness (QED) is 0.610. The van der Waals surface area contributed by atoms with E-state index in [0.29, 0.717) is 16.4 Å². The number of anilines is 2. The first-order valence-corrected chi connectivity index (χ1v) is 8.15. The van der Waals surface area contributed by atoms with E-state index in [1.165, 1.54) is 11.8 Å². The summed E-state index contributed by atoms with van der Waals surface area (Å²) < 4.78 is 0.901. The van der Waals surface area contributed by atoms with Gasteiger partial charge in [-0.05, 0) is 53.2 Å². The molecule has 1 heterocycles. The minimum absolute atomic E-state index is 0.142. The third kappa shape index (κ3) is 4.62. The molecule has 7 heteroatoms. The van der Waals surface area contributed by atoms with Gasteiger partial charge in [-0.15, -0.1) is 0 Å². The number of pyridine rings is 1. The Balaban J connectivity index is 2.00. The van der Waals surface area contributed by atoms with Gasteiger partial charge in [-0.1, -0.05) is 23.4 Å². The lowest BCUT2D eigenvalue weighted by atomic mass is 10.2. The van der Waals surface area contributed by atoms with Crippen molar-refractivity contribution in [2.24, 2.45) is 0 Å². The molecule has 0 fully saturated rings. The van der Waals surface area contributed by atoms with Gasteiger partial charge in [0, 0.05) is 16.4 Å². The Bertz CT molecular complexity index is 651. The highest BCUT2D eigenvalue weighted by molar-refractivity contribution is 9.10. The zero-order valence-corrected chi connectivity index (χ0v) is 14.3. The SMILES string of the molecule is CC(Sc1ccc(Br)cn1)C(=O)Nc1ccc(N)cc1Cl. The Hall–Kier alpha value is -1.24. The van der Waals surface area contributed by atoms with Crippen LogP contribution in [0.25, 0.3) is 0 Å². The van der Waals surface area contributed by atoms with Crippen molar-refractivity contribution in [2.75, 3.05) is 11.1 Å². The third-order valence-corrected chi connectivity index (χ3v) is 4.45. The van der Waals surface area contributed by atoms with Crippen molar-refractivity contribution >= 4 is 56.6 Å². The zero-order chi connectivity index (χ0) is 15.4. The molecule has 0 saturated carbocycles. The summed E-state index contributed by atoms with van der Waals surface area (Å²) in [6.45, 7) is 1.81. The fourth-order valence-corrected chi connectivity index (χ4v) is 2.79. The summed E-state index contributed by atoms with van der Waals surface area (Å²) in [4.78, 5) is 16.4. The van der Waals surface area contributed by atoms with Crippen LogP contribution in [0.5, 0.6) is 0 Å². The molecule has 0 radical (unpaired) electrons. The minimum Gasteiger partial charge on any atom is -0.399 e. The van der Waals surface area contributed by atoms with Gasteiger partial charge in [-0.3, -0.25) is 4.79 Å². The van der Waals surface area contributed by atoms with Crippen LogP contribution in [0.2, 0.25) is 5.02 Å². The van der Waals surface area contributed by atoms with Gasteiger partial charge in [-0.2, -0.15) is 0 Å². The molecule has 1 unspecified atom stereocenters. The molecule has 21 heavy (non-hydrogen) atoms. The first kappa shape index (κ1) is 16.1. The second kappa shape index (κ2) is 7.15. The van der Waals surface area contributed by atoms with Gasteiger partial charge in [0.2, 0.25) is 5.91 Å². The number of nitrogens with two attached hydrogens (primary N) is 1. The predicted molar refractivity (Wildman–Crippen MR) is 91.8 cm³/mol. The van der Waals surface area contributed by atoms with E-state index in [0.717, 1.165) is 9.50 Å². The maximum Gasteiger partial charge on any atom is 0.237 e. The number of amides is 1. The largest absolute Gasteiger partial charge is 0.399 e. The number of carbonyl (C=O) groups is 1. The number of nitrogens with one attached hydrogen (secondary N) is 1. The fraction of sp³-hybridized carbons (Fsp3) is 0.143. The maximum atomic E-state index is 12.2. The third-order valence-electron chi connectivity index (χ3n) is 2.62. The minimum atomic E-state index is -0.299. The topological polar surface area (TPSA) is 68.0 Å². The lowest BCUT2D eigenvalue weighted by Crippen LogP contribution is -2.22. The lowest BCUT2D eigenvalue weighted by molar-refractivity contribution is -0.115. The van der Waals surface area contributed by atoms with Crippen molar-refractivity contribution < 1.29 is 4.79 Å². The monoisotopic (exact) mass is 385 g/mol. The normalized spacial score (nSPS) is 12.0. The summed E-state index contributed by atoms with van der Waals surface area (Å²) in [6, 6.07) is 8.72. The van der Waals surface area contributed by atoms with E-state index in [2.05, 4.69) is 26.2 Å². The van der Waals surface area contributed by atoms with Crippen LogP contribution in [0.15, 0.2) is 46.0 Å². The molecule has 0 saturated heterocycles. The molecule has 2 aromatic rings. The number of benzene rings is 1. The number of nitrogen functional groups attached to an aromatic ring is 1. The summed E-state index contributed by atoms with van der Waals surface area (Å²) in [7, 11) is 0. The second-order valence-electron chi connectivity index (χ2n) is 4.30. The van der Waals surface area contributed by atoms with Crippen LogP contribution < -0.4 is 11.1 Å². The van der Waals surface area contributed by atoms with Gasteiger partial charge in [0.25, 0.3) is 0 Å². The summed E-state index contributed by atoms with van der Waals surface area (Å²) in [5.74, 6) is -0.142. The van der Waals surface area contributed by atoms with Crippen LogP contribution >= 0.6 is 39.3 Å². The van der Waals surface area contributed by atoms with Crippen molar-refractivity contribution in [3.8, 4) is 0 Å². The molecule has 0 spiro atoms. The Kier molecular flexibility index (Phi) is 5.50. The molecule has 0 bridgehead atoms. The van der Waals surface area contributed by atoms with Crippen molar-refractivity contribution in [1.29, 1.82) is 0 Å². The molecule has 4 nitrogen and oxygen atoms in total. The predicted octanol–water partition coefficient (Wildman–Crippen LogP) is 4.20. The Labute approximate surface area is 140 Å². The van der Waals surface area contributed by atoms with Crippen molar-refractivity contribution in [3.63, 3.8) is 0 Å². The highest BCUT2D eigenvalue weighted by Crippen LogP contribution is 2.27. The highest BCUT2D eigenvalue weighted by atomic mass is 79.9. The molecule has 1 amide bonds. The Morgan fingerprint density at radius 3 is 2.81 bits per heavy atom. The van der Waals surface area contributed by atoms with Gasteiger partial charge in [0.05, 0.1) is 21.0 Å². The van der Waals surface area contributed by atoms with Crippen LogP contribution in [-0.4, -0.2) is 16.1 Å². The smallest absolute Gasteiger partial charge is 0.237 e. The molecule has 0 aliphatic carbocycles. The van der Waals surface area contributed by atoms with E-state index < -0.39 is 0 Å². The molecule has 1 atom stereocenters. The summed E-state index contributed by atoms with van der Waals surface area (Å²) in [5, 5.41) is 3.69. The Morgan fingerprint density at radius 2 is 2.19 bits per heavy atom. The van der Waals surface area contributed by atoms with Crippen LogP contribution in [0.1, 0.15) is 6.92 Å². The number of carbonyl (C=O) groups excluding carboxylic acids is 1. The number of rotatable bonds is 4. The zero-order valence-electron chi connectivity index (χ0n) is 11.1. The van der Waals surface area contributed by atoms with Gasteiger partial charge in [-0.25, -0.2) is 4.98 Å². The second-order valence-corrected chi connectivity index (χ2v) is 6.99. The first-order chi connectivity index (χ1) is 9.95. The highest BCUT2D eigenvalue weighted by Gasteiger charge is 2.16. The molecule has 110 valence electrons. The van der Waals surface area contributed by atoms with E-state index in [-0.39, 0.29) is 11.2 Å². The standard InChI is InChI=1S/C14H13BrClN3OS/c1-8(21-13-5-2-9(15)7-18-13)14(20)19-12-4-3-10(17)6-11(12)16/h2-8H,17H2,1H3,(H,19,20). The van der Waals surface area contributed by atoms with E-state index in [1.807, 2.05) is 19.1 Å². The molecule has 1 aromatic heterocycles. The number of thioether (sulfide) groups is 1. The van der Waals surface area contributed by atoms with Gasteiger partial charge < -0.3 is 11.1 Å². The van der Waals surface area contributed by atoms with Crippen LogP contribution in [0, 0.1) is 0 Å². The van der Waals surface area contributed by atoms with Crippen molar-refractivity contribution in [2.45, 2.75) is 17.2 Å². The average Bonchev–Trinajstić information content (AvgIpc) is 2.44. The molecule has 2 rings (SSSR count). The number of halogens is 2. The number of hydrogen-bond donors (Lipinski definition) is 2. The molecule has 1 aromatic carbocycles. The van der Waals surface area contributed by atoms with E-state index >= 15 is 0 Å². The number of nitrogens with zero attached hydrogens (tertiary/aromatic N) is 1. The van der Waals surface area contributed by atoms with Crippen molar-refractivity contribution in [1.82, 2.24) is 4.98 Å². The van der Waals surface area contributed by atoms with Crippen LogP contribution in [0.3, 0.4) is 0 Å². The van der Waals surface area contributed by atoms with Crippen molar-refractivity contribution in [3.05, 3.63) is 46.0 Å². The summed E-state index contributed by atoms with van der Waals surface area (Å²) in [6.07, 6.45) is 1.70. The van der Waals surface area contributed by atoms with E-state index in [9.17, 15) is 4.79 Å².